The zero-order chi connectivity index (χ0) is 14.0. The molecule has 104 valence electrons. The third kappa shape index (κ3) is 2.93. The number of ether oxygens (including phenoxy) is 1. The van der Waals surface area contributed by atoms with Crippen molar-refractivity contribution >= 4 is 23.2 Å². The van der Waals surface area contributed by atoms with Crippen LogP contribution < -0.4 is 5.32 Å². The lowest BCUT2D eigenvalue weighted by molar-refractivity contribution is -0.149. The SMILES string of the molecule is Cc1nc(CC(=O)NC2COCC2(C)C(=O)O)cs1. The number of amides is 1. The highest BCUT2D eigenvalue weighted by Crippen LogP contribution is 2.28. The lowest BCUT2D eigenvalue weighted by Gasteiger charge is -2.25. The number of thiazole rings is 1. The molecule has 1 aromatic heterocycles. The Morgan fingerprint density at radius 2 is 2.42 bits per heavy atom. The Labute approximate surface area is 114 Å². The molecule has 2 unspecified atom stereocenters. The smallest absolute Gasteiger partial charge is 0.313 e. The molecule has 2 rings (SSSR count). The molecule has 0 aliphatic carbocycles. The van der Waals surface area contributed by atoms with E-state index in [1.54, 1.807) is 6.92 Å². The summed E-state index contributed by atoms with van der Waals surface area (Å²) in [6.07, 6.45) is 0.163. The zero-order valence-corrected chi connectivity index (χ0v) is 11.6. The van der Waals surface area contributed by atoms with Gasteiger partial charge in [0.1, 0.15) is 5.41 Å². The van der Waals surface area contributed by atoms with E-state index in [1.165, 1.54) is 11.3 Å². The van der Waals surface area contributed by atoms with Gasteiger partial charge in [-0.1, -0.05) is 0 Å². The number of carboxylic acids is 1. The quantitative estimate of drug-likeness (QED) is 0.845. The van der Waals surface area contributed by atoms with Crippen LogP contribution in [0, 0.1) is 12.3 Å². The number of carboxylic acid groups (broad SMARTS) is 1. The predicted molar refractivity (Wildman–Crippen MR) is 69.0 cm³/mol. The molecular formula is C12H16N2O4S. The molecule has 1 aliphatic heterocycles. The van der Waals surface area contributed by atoms with Gasteiger partial charge in [-0.25, -0.2) is 4.98 Å². The Bertz CT molecular complexity index is 502. The third-order valence-corrected chi connectivity index (χ3v) is 4.11. The molecular weight excluding hydrogens is 268 g/mol. The number of rotatable bonds is 4. The van der Waals surface area contributed by atoms with Crippen molar-refractivity contribution in [2.75, 3.05) is 13.2 Å². The molecule has 0 radical (unpaired) electrons. The topological polar surface area (TPSA) is 88.5 Å². The number of aliphatic carboxylic acids is 1. The Kier molecular flexibility index (Phi) is 3.86. The molecule has 2 atom stereocenters. The van der Waals surface area contributed by atoms with Crippen molar-refractivity contribution in [1.82, 2.24) is 10.3 Å². The number of nitrogens with zero attached hydrogens (tertiary/aromatic N) is 1. The highest BCUT2D eigenvalue weighted by atomic mass is 32.1. The minimum absolute atomic E-state index is 0.114. The zero-order valence-electron chi connectivity index (χ0n) is 10.8. The van der Waals surface area contributed by atoms with Crippen molar-refractivity contribution < 1.29 is 19.4 Å². The average molecular weight is 284 g/mol. The minimum atomic E-state index is -1.06. The van der Waals surface area contributed by atoms with Crippen LogP contribution in [0.1, 0.15) is 17.6 Å². The Balaban J connectivity index is 1.97. The van der Waals surface area contributed by atoms with Gasteiger partial charge in [-0.05, 0) is 13.8 Å². The van der Waals surface area contributed by atoms with Crippen LogP contribution in [-0.4, -0.2) is 41.2 Å². The monoisotopic (exact) mass is 284 g/mol. The minimum Gasteiger partial charge on any atom is -0.481 e. The summed E-state index contributed by atoms with van der Waals surface area (Å²) in [5, 5.41) is 14.7. The van der Waals surface area contributed by atoms with E-state index in [0.717, 1.165) is 5.01 Å². The normalized spacial score (nSPS) is 26.3. The fourth-order valence-corrected chi connectivity index (χ4v) is 2.60. The van der Waals surface area contributed by atoms with Gasteiger partial charge in [-0.3, -0.25) is 9.59 Å². The molecule has 19 heavy (non-hydrogen) atoms. The molecule has 1 saturated heterocycles. The van der Waals surface area contributed by atoms with Gasteiger partial charge in [0.15, 0.2) is 0 Å². The van der Waals surface area contributed by atoms with E-state index >= 15 is 0 Å². The van der Waals surface area contributed by atoms with Crippen LogP contribution in [0.4, 0.5) is 0 Å². The largest absolute Gasteiger partial charge is 0.481 e. The van der Waals surface area contributed by atoms with E-state index in [9.17, 15) is 14.7 Å². The summed E-state index contributed by atoms with van der Waals surface area (Å²) in [5.41, 5.74) is -0.357. The van der Waals surface area contributed by atoms with Gasteiger partial charge in [0, 0.05) is 5.38 Å². The highest BCUT2D eigenvalue weighted by Gasteiger charge is 2.47. The van der Waals surface area contributed by atoms with Crippen LogP contribution in [0.3, 0.4) is 0 Å². The molecule has 2 N–H and O–H groups in total. The molecule has 1 aliphatic rings. The van der Waals surface area contributed by atoms with Gasteiger partial charge in [0.25, 0.3) is 0 Å². The molecule has 0 saturated carbocycles. The number of aryl methyl sites for hydroxylation is 1. The summed E-state index contributed by atoms with van der Waals surface area (Å²) in [6.45, 7) is 3.80. The average Bonchev–Trinajstić information content (AvgIpc) is 2.87. The molecule has 1 aromatic rings. The van der Waals surface area contributed by atoms with E-state index in [4.69, 9.17) is 4.74 Å². The number of carbonyl (C=O) groups is 2. The Morgan fingerprint density at radius 1 is 1.68 bits per heavy atom. The first-order chi connectivity index (χ1) is 8.91. The predicted octanol–water partition coefficient (Wildman–Crippen LogP) is 0.600. The van der Waals surface area contributed by atoms with Gasteiger partial charge >= 0.3 is 5.97 Å². The van der Waals surface area contributed by atoms with E-state index in [-0.39, 0.29) is 25.5 Å². The van der Waals surface area contributed by atoms with Gasteiger partial charge < -0.3 is 15.2 Å². The fourth-order valence-electron chi connectivity index (χ4n) is 1.98. The van der Waals surface area contributed by atoms with Crippen LogP contribution in [0.2, 0.25) is 0 Å². The van der Waals surface area contributed by atoms with Crippen LogP contribution >= 0.6 is 11.3 Å². The first kappa shape index (κ1) is 14.0. The number of aromatic nitrogens is 1. The standard InChI is InChI=1S/C12H16N2O4S/c1-7-13-8(5-19-7)3-10(15)14-9-4-18-6-12(9,2)11(16)17/h5,9H,3-4,6H2,1-2H3,(H,14,15)(H,16,17). The number of hydrogen-bond acceptors (Lipinski definition) is 5. The van der Waals surface area contributed by atoms with Crippen LogP contribution in [0.25, 0.3) is 0 Å². The second kappa shape index (κ2) is 5.26. The van der Waals surface area contributed by atoms with Gasteiger partial charge in [0.2, 0.25) is 5.91 Å². The molecule has 7 heteroatoms. The second-order valence-corrected chi connectivity index (χ2v) is 5.95. The molecule has 0 spiro atoms. The summed E-state index contributed by atoms with van der Waals surface area (Å²) in [6, 6.07) is -0.503. The fraction of sp³-hybridized carbons (Fsp3) is 0.583. The van der Waals surface area contributed by atoms with Crippen molar-refractivity contribution in [3.63, 3.8) is 0 Å². The van der Waals surface area contributed by atoms with Crippen molar-refractivity contribution in [1.29, 1.82) is 0 Å². The van der Waals surface area contributed by atoms with E-state index in [2.05, 4.69) is 10.3 Å². The summed E-state index contributed by atoms with van der Waals surface area (Å²) >= 11 is 1.48. The van der Waals surface area contributed by atoms with Crippen LogP contribution in [0.15, 0.2) is 5.38 Å². The highest BCUT2D eigenvalue weighted by molar-refractivity contribution is 7.09. The maximum atomic E-state index is 11.9. The van der Waals surface area contributed by atoms with Gasteiger partial charge in [0.05, 0.1) is 36.4 Å². The molecule has 1 amide bonds. The molecule has 1 fully saturated rings. The summed E-state index contributed by atoms with van der Waals surface area (Å²) in [7, 11) is 0. The lowest BCUT2D eigenvalue weighted by atomic mass is 9.85. The molecule has 0 aromatic carbocycles. The van der Waals surface area contributed by atoms with Crippen molar-refractivity contribution in [3.8, 4) is 0 Å². The van der Waals surface area contributed by atoms with Crippen molar-refractivity contribution in [3.05, 3.63) is 16.1 Å². The summed E-state index contributed by atoms with van der Waals surface area (Å²) < 4.78 is 5.18. The van der Waals surface area contributed by atoms with Crippen LogP contribution in [-0.2, 0) is 20.7 Å². The van der Waals surface area contributed by atoms with E-state index in [1.807, 2.05) is 12.3 Å². The van der Waals surface area contributed by atoms with Gasteiger partial charge in [-0.15, -0.1) is 11.3 Å². The Morgan fingerprint density at radius 3 is 3.00 bits per heavy atom. The summed E-state index contributed by atoms with van der Waals surface area (Å²) in [4.78, 5) is 27.3. The van der Waals surface area contributed by atoms with Crippen LogP contribution in [0.5, 0.6) is 0 Å². The first-order valence-corrected chi connectivity index (χ1v) is 6.81. The molecule has 0 bridgehead atoms. The van der Waals surface area contributed by atoms with Crippen molar-refractivity contribution in [2.24, 2.45) is 5.41 Å². The van der Waals surface area contributed by atoms with E-state index in [0.29, 0.717) is 5.69 Å². The molecule has 2 heterocycles. The molecule has 6 nitrogen and oxygen atoms in total. The van der Waals surface area contributed by atoms with Gasteiger partial charge in [-0.2, -0.15) is 0 Å². The summed E-state index contributed by atoms with van der Waals surface area (Å²) in [5.74, 6) is -1.19. The number of hydrogen-bond donors (Lipinski definition) is 2. The van der Waals surface area contributed by atoms with E-state index < -0.39 is 17.4 Å². The number of nitrogens with one attached hydrogen (secondary N) is 1. The lowest BCUT2D eigenvalue weighted by Crippen LogP contribution is -2.50. The Hall–Kier alpha value is -1.47. The maximum absolute atomic E-state index is 11.9. The maximum Gasteiger partial charge on any atom is 0.313 e. The first-order valence-electron chi connectivity index (χ1n) is 5.93. The second-order valence-electron chi connectivity index (χ2n) is 4.89. The number of carbonyl (C=O) groups excluding carboxylic acids is 1. The third-order valence-electron chi connectivity index (χ3n) is 3.29. The van der Waals surface area contributed by atoms with Crippen molar-refractivity contribution in [2.45, 2.75) is 26.3 Å².